The van der Waals surface area contributed by atoms with Gasteiger partial charge in [-0.2, -0.15) is 4.31 Å². The van der Waals surface area contributed by atoms with Crippen LogP contribution in [0.3, 0.4) is 0 Å². The van der Waals surface area contributed by atoms with Crippen molar-refractivity contribution in [2.75, 3.05) is 26.0 Å². The van der Waals surface area contributed by atoms with Gasteiger partial charge in [-0.25, -0.2) is 8.42 Å². The summed E-state index contributed by atoms with van der Waals surface area (Å²) >= 11 is 0. The first-order chi connectivity index (χ1) is 8.54. The maximum atomic E-state index is 11.6. The highest BCUT2D eigenvalue weighted by Gasteiger charge is 2.25. The molecule has 5 nitrogen and oxygen atoms in total. The van der Waals surface area contributed by atoms with Crippen LogP contribution in [0.25, 0.3) is 0 Å². The molecule has 1 aromatic carbocycles. The highest BCUT2D eigenvalue weighted by molar-refractivity contribution is 7.88. The average Bonchev–Trinajstić information content (AvgIpc) is 2.34. The summed E-state index contributed by atoms with van der Waals surface area (Å²) in [6.07, 6.45) is 1.97. The molecule has 2 aliphatic heterocycles. The van der Waals surface area contributed by atoms with Crippen molar-refractivity contribution in [3.05, 3.63) is 23.3 Å². The molecule has 98 valence electrons. The average molecular weight is 269 g/mol. The molecule has 1 aromatic rings. The van der Waals surface area contributed by atoms with Crippen molar-refractivity contribution in [3.63, 3.8) is 0 Å². The Morgan fingerprint density at radius 2 is 1.72 bits per heavy atom. The third-order valence-corrected chi connectivity index (χ3v) is 4.56. The summed E-state index contributed by atoms with van der Waals surface area (Å²) in [5.74, 6) is 1.49. The maximum Gasteiger partial charge on any atom is 0.211 e. The molecular weight excluding hydrogens is 254 g/mol. The monoisotopic (exact) mass is 269 g/mol. The van der Waals surface area contributed by atoms with E-state index >= 15 is 0 Å². The number of hydrogen-bond acceptors (Lipinski definition) is 4. The van der Waals surface area contributed by atoms with Crippen molar-refractivity contribution in [3.8, 4) is 11.5 Å². The topological polar surface area (TPSA) is 55.8 Å². The third-order valence-electron chi connectivity index (χ3n) is 3.31. The number of ether oxygens (including phenoxy) is 2. The quantitative estimate of drug-likeness (QED) is 0.756. The second-order valence-corrected chi connectivity index (χ2v) is 6.59. The molecule has 0 atom stereocenters. The summed E-state index contributed by atoms with van der Waals surface area (Å²) < 4.78 is 35.6. The fraction of sp³-hybridized carbons (Fsp3) is 0.500. The molecule has 0 saturated heterocycles. The van der Waals surface area contributed by atoms with Gasteiger partial charge in [-0.1, -0.05) is 0 Å². The standard InChI is InChI=1S/C12H15NO4S/c1-18(14,15)13-3-2-9-6-11-12(7-10(9)8-13)17-5-4-16-11/h6-7H,2-5,8H2,1H3. The summed E-state index contributed by atoms with van der Waals surface area (Å²) in [6.45, 7) is 2.07. The first-order valence-electron chi connectivity index (χ1n) is 5.90. The molecule has 0 bridgehead atoms. The summed E-state index contributed by atoms with van der Waals surface area (Å²) in [6, 6.07) is 3.88. The lowest BCUT2D eigenvalue weighted by molar-refractivity contribution is 0.171. The predicted molar refractivity (Wildman–Crippen MR) is 66.4 cm³/mol. The second-order valence-electron chi connectivity index (χ2n) is 4.61. The molecule has 0 N–H and O–H groups in total. The molecule has 2 heterocycles. The Labute approximate surface area is 106 Å². The first-order valence-corrected chi connectivity index (χ1v) is 7.75. The highest BCUT2D eigenvalue weighted by Crippen LogP contribution is 2.35. The maximum absolute atomic E-state index is 11.6. The minimum absolute atomic E-state index is 0.421. The van der Waals surface area contributed by atoms with Crippen molar-refractivity contribution in [1.29, 1.82) is 0 Å². The molecule has 6 heteroatoms. The van der Waals surface area contributed by atoms with Gasteiger partial charge in [0.2, 0.25) is 10.0 Å². The number of nitrogens with zero attached hydrogens (tertiary/aromatic N) is 1. The molecule has 0 saturated carbocycles. The fourth-order valence-electron chi connectivity index (χ4n) is 2.35. The Balaban J connectivity index is 1.96. The van der Waals surface area contributed by atoms with Crippen molar-refractivity contribution < 1.29 is 17.9 Å². The van der Waals surface area contributed by atoms with E-state index in [1.807, 2.05) is 12.1 Å². The van der Waals surface area contributed by atoms with Gasteiger partial charge < -0.3 is 9.47 Å². The van der Waals surface area contributed by atoms with E-state index < -0.39 is 10.0 Å². The van der Waals surface area contributed by atoms with Crippen molar-refractivity contribution in [1.82, 2.24) is 4.31 Å². The predicted octanol–water partition coefficient (Wildman–Crippen LogP) is 0.775. The molecule has 0 radical (unpaired) electrons. The lowest BCUT2D eigenvalue weighted by atomic mass is 10.00. The van der Waals surface area contributed by atoms with Crippen LogP contribution >= 0.6 is 0 Å². The molecule has 3 rings (SSSR count). The zero-order valence-corrected chi connectivity index (χ0v) is 11.0. The van der Waals surface area contributed by atoms with E-state index in [-0.39, 0.29) is 0 Å². The van der Waals surface area contributed by atoms with E-state index in [0.29, 0.717) is 26.3 Å². The molecule has 18 heavy (non-hydrogen) atoms. The molecular formula is C12H15NO4S. The molecule has 0 aromatic heterocycles. The zero-order valence-electron chi connectivity index (χ0n) is 10.2. The van der Waals surface area contributed by atoms with Gasteiger partial charge in [0.15, 0.2) is 11.5 Å². The van der Waals surface area contributed by atoms with Crippen LogP contribution in [0.2, 0.25) is 0 Å². The van der Waals surface area contributed by atoms with Gasteiger partial charge in [0, 0.05) is 13.1 Å². The van der Waals surface area contributed by atoms with E-state index in [2.05, 4.69) is 0 Å². The zero-order chi connectivity index (χ0) is 12.8. The lowest BCUT2D eigenvalue weighted by Crippen LogP contribution is -2.35. The molecule has 2 aliphatic rings. The number of sulfonamides is 1. The van der Waals surface area contributed by atoms with Gasteiger partial charge in [0.05, 0.1) is 6.26 Å². The number of hydrogen-bond donors (Lipinski definition) is 0. The Morgan fingerprint density at radius 3 is 2.33 bits per heavy atom. The Kier molecular flexibility index (Phi) is 2.71. The number of rotatable bonds is 1. The van der Waals surface area contributed by atoms with Crippen LogP contribution in [0.4, 0.5) is 0 Å². The number of benzene rings is 1. The van der Waals surface area contributed by atoms with Crippen LogP contribution in [0.15, 0.2) is 12.1 Å². The highest BCUT2D eigenvalue weighted by atomic mass is 32.2. The summed E-state index contributed by atoms with van der Waals surface area (Å²) in [5, 5.41) is 0. The minimum atomic E-state index is -3.13. The van der Waals surface area contributed by atoms with Crippen LogP contribution in [0, 0.1) is 0 Å². The van der Waals surface area contributed by atoms with Gasteiger partial charge >= 0.3 is 0 Å². The van der Waals surface area contributed by atoms with Crippen molar-refractivity contribution in [2.24, 2.45) is 0 Å². The molecule has 0 spiro atoms. The van der Waals surface area contributed by atoms with Gasteiger partial charge in [0.25, 0.3) is 0 Å². The molecule has 0 fully saturated rings. The van der Waals surface area contributed by atoms with E-state index in [9.17, 15) is 8.42 Å². The van der Waals surface area contributed by atoms with E-state index in [0.717, 1.165) is 29.0 Å². The van der Waals surface area contributed by atoms with Gasteiger partial charge in [-0.3, -0.25) is 0 Å². The van der Waals surface area contributed by atoms with Crippen LogP contribution in [-0.4, -0.2) is 38.7 Å². The van der Waals surface area contributed by atoms with Crippen LogP contribution in [0.1, 0.15) is 11.1 Å². The minimum Gasteiger partial charge on any atom is -0.486 e. The summed E-state index contributed by atoms with van der Waals surface area (Å²) in [4.78, 5) is 0. The molecule has 0 aliphatic carbocycles. The van der Waals surface area contributed by atoms with Crippen LogP contribution in [-0.2, 0) is 23.0 Å². The van der Waals surface area contributed by atoms with Gasteiger partial charge in [0.1, 0.15) is 13.2 Å². The van der Waals surface area contributed by atoms with E-state index in [4.69, 9.17) is 9.47 Å². The SMILES string of the molecule is CS(=O)(=O)N1CCc2cc3c(cc2C1)OCCO3. The van der Waals surface area contributed by atoms with Crippen molar-refractivity contribution in [2.45, 2.75) is 13.0 Å². The normalized spacial score (nSPS) is 19.4. The van der Waals surface area contributed by atoms with Crippen LogP contribution in [0.5, 0.6) is 11.5 Å². The largest absolute Gasteiger partial charge is 0.486 e. The van der Waals surface area contributed by atoms with Crippen LogP contribution < -0.4 is 9.47 Å². The van der Waals surface area contributed by atoms with Gasteiger partial charge in [-0.15, -0.1) is 0 Å². The molecule has 0 amide bonds. The van der Waals surface area contributed by atoms with Gasteiger partial charge in [-0.05, 0) is 29.7 Å². The van der Waals surface area contributed by atoms with Crippen molar-refractivity contribution >= 4 is 10.0 Å². The Bertz CT molecular complexity index is 582. The smallest absolute Gasteiger partial charge is 0.211 e. The molecule has 0 unspecified atom stereocenters. The van der Waals surface area contributed by atoms with E-state index in [1.165, 1.54) is 10.6 Å². The first kappa shape index (κ1) is 11.8. The lowest BCUT2D eigenvalue weighted by Gasteiger charge is -2.28. The summed E-state index contributed by atoms with van der Waals surface area (Å²) in [7, 11) is -3.13. The summed E-state index contributed by atoms with van der Waals surface area (Å²) in [5.41, 5.74) is 2.16. The Morgan fingerprint density at radius 1 is 1.11 bits per heavy atom. The Hall–Kier alpha value is -1.27. The van der Waals surface area contributed by atoms with E-state index in [1.54, 1.807) is 0 Å². The fourth-order valence-corrected chi connectivity index (χ4v) is 3.15. The second kappa shape index (κ2) is 4.13. The third kappa shape index (κ3) is 2.06. The number of fused-ring (bicyclic) bond motifs is 2.